The number of rotatable bonds is 1. The maximum atomic E-state index is 4.07. The van der Waals surface area contributed by atoms with Crippen LogP contribution in [0.1, 0.15) is 6.42 Å². The lowest BCUT2D eigenvalue weighted by molar-refractivity contribution is 0.996. The van der Waals surface area contributed by atoms with E-state index in [1.165, 1.54) is 21.2 Å². The second-order valence-corrected chi connectivity index (χ2v) is 4.77. The Balaban J connectivity index is 2.01. The van der Waals surface area contributed by atoms with Gasteiger partial charge in [0, 0.05) is 4.99 Å². The Kier molecular flexibility index (Phi) is 2.14. The van der Waals surface area contributed by atoms with Gasteiger partial charge in [-0.25, -0.2) is 0 Å². The highest BCUT2D eigenvalue weighted by Crippen LogP contribution is 2.43. The molecule has 0 aromatic rings. The van der Waals surface area contributed by atoms with Gasteiger partial charge in [0.1, 0.15) is 0 Å². The quantitative estimate of drug-likeness (QED) is 0.328. The van der Waals surface area contributed by atoms with Gasteiger partial charge in [-0.05, 0) is 12.6 Å². The summed E-state index contributed by atoms with van der Waals surface area (Å²) in [6, 6.07) is 0. The molecule has 2 atom stereocenters. The zero-order chi connectivity index (χ0) is 4.41. The van der Waals surface area contributed by atoms with Crippen molar-refractivity contribution in [1.82, 2.24) is 0 Å². The first-order chi connectivity index (χ1) is 2.93. The highest BCUT2D eigenvalue weighted by molar-refractivity contribution is 8.69. The average molecular weight is 138 g/mol. The molecule has 2 unspecified atom stereocenters. The third-order valence-corrected chi connectivity index (χ3v) is 4.93. The van der Waals surface area contributed by atoms with E-state index in [4.69, 9.17) is 0 Å². The van der Waals surface area contributed by atoms with Gasteiger partial charge in [0.2, 0.25) is 0 Å². The molecule has 1 aliphatic rings. The van der Waals surface area contributed by atoms with Crippen molar-refractivity contribution in [2.75, 3.05) is 6.16 Å². The molecule has 0 aliphatic carbocycles. The summed E-state index contributed by atoms with van der Waals surface area (Å²) in [5.74, 6) is 0. The minimum absolute atomic E-state index is 0.924. The van der Waals surface area contributed by atoms with E-state index in [1.54, 1.807) is 10.8 Å². The smallest absolute Gasteiger partial charge is 0.0323 e. The zero-order valence-electron chi connectivity index (χ0n) is 3.35. The maximum absolute atomic E-state index is 4.07. The van der Waals surface area contributed by atoms with Crippen LogP contribution in [0.5, 0.6) is 0 Å². The molecule has 1 heterocycles. The predicted molar refractivity (Wildman–Crippen MR) is 38.2 cm³/mol. The maximum Gasteiger partial charge on any atom is 0.0323 e. The van der Waals surface area contributed by atoms with Gasteiger partial charge in [0.05, 0.1) is 0 Å². The van der Waals surface area contributed by atoms with E-state index in [0.29, 0.717) is 0 Å². The highest BCUT2D eigenvalue weighted by atomic mass is 33.1. The minimum atomic E-state index is 0.924. The van der Waals surface area contributed by atoms with Crippen LogP contribution in [0, 0.1) is 0 Å². The van der Waals surface area contributed by atoms with Crippen molar-refractivity contribution in [1.29, 1.82) is 0 Å². The third-order valence-electron chi connectivity index (χ3n) is 0.906. The minimum Gasteiger partial charge on any atom is -0.111 e. The summed E-state index contributed by atoms with van der Waals surface area (Å²) >= 11 is 4.07. The number of thiol groups is 1. The third kappa shape index (κ3) is 1.05. The first kappa shape index (κ1) is 5.27. The lowest BCUT2D eigenvalue weighted by Crippen LogP contribution is -2.05. The molecule has 3 heteroatoms. The van der Waals surface area contributed by atoms with Crippen molar-refractivity contribution in [3.8, 4) is 0 Å². The molecule has 0 spiro atoms. The first-order valence-electron chi connectivity index (χ1n) is 1.97. The summed E-state index contributed by atoms with van der Waals surface area (Å²) in [5.41, 5.74) is 0. The van der Waals surface area contributed by atoms with Crippen molar-refractivity contribution in [3.63, 3.8) is 0 Å². The second-order valence-electron chi connectivity index (χ2n) is 1.34. The van der Waals surface area contributed by atoms with Gasteiger partial charge in [-0.1, -0.05) is 10.8 Å². The number of hydrogen-bond acceptors (Lipinski definition) is 2. The van der Waals surface area contributed by atoms with Crippen molar-refractivity contribution in [2.45, 2.75) is 11.4 Å². The van der Waals surface area contributed by atoms with Crippen LogP contribution in [0.25, 0.3) is 0 Å². The SMILES string of the molecule is SSC1CCP1. The molecular weight excluding hydrogens is 131 g/mol. The Hall–Kier alpha value is 1.13. The Morgan fingerprint density at radius 1 is 1.83 bits per heavy atom. The summed E-state index contributed by atoms with van der Waals surface area (Å²) < 4.78 is 0. The molecule has 1 aliphatic heterocycles. The van der Waals surface area contributed by atoms with E-state index in [2.05, 4.69) is 11.7 Å². The van der Waals surface area contributed by atoms with E-state index in [0.717, 1.165) is 4.99 Å². The van der Waals surface area contributed by atoms with Crippen molar-refractivity contribution >= 4 is 31.0 Å². The lowest BCUT2D eigenvalue weighted by Gasteiger charge is -2.21. The van der Waals surface area contributed by atoms with Crippen LogP contribution >= 0.6 is 31.0 Å². The van der Waals surface area contributed by atoms with E-state index >= 15 is 0 Å². The standard InChI is InChI=1S/C3H7PS2/c5-6-3-1-2-4-3/h3-5H,1-2H2. The average Bonchev–Trinajstić information content (AvgIpc) is 1.31. The number of hydrogen-bond donors (Lipinski definition) is 1. The monoisotopic (exact) mass is 138 g/mol. The normalized spacial score (nSPS) is 36.5. The molecule has 0 N–H and O–H groups in total. The van der Waals surface area contributed by atoms with Gasteiger partial charge in [0.15, 0.2) is 0 Å². The molecule has 0 aromatic carbocycles. The summed E-state index contributed by atoms with van der Waals surface area (Å²) in [6.45, 7) is 0. The van der Waals surface area contributed by atoms with Crippen LogP contribution in [-0.2, 0) is 0 Å². The van der Waals surface area contributed by atoms with Gasteiger partial charge in [-0.15, -0.1) is 20.2 Å². The molecule has 0 amide bonds. The summed E-state index contributed by atoms with van der Waals surface area (Å²) in [4.78, 5) is 0.924. The van der Waals surface area contributed by atoms with Gasteiger partial charge in [-0.3, -0.25) is 0 Å². The molecule has 0 aromatic heterocycles. The predicted octanol–water partition coefficient (Wildman–Crippen LogP) is 1.97. The van der Waals surface area contributed by atoms with Gasteiger partial charge in [0.25, 0.3) is 0 Å². The second kappa shape index (κ2) is 2.44. The fourth-order valence-electron chi connectivity index (χ4n) is 0.352. The van der Waals surface area contributed by atoms with E-state index in [1.807, 2.05) is 0 Å². The van der Waals surface area contributed by atoms with Crippen LogP contribution in [-0.4, -0.2) is 11.2 Å². The van der Waals surface area contributed by atoms with Crippen LogP contribution in [0.15, 0.2) is 0 Å². The lowest BCUT2D eigenvalue weighted by atomic mass is 10.5. The molecule has 0 radical (unpaired) electrons. The van der Waals surface area contributed by atoms with E-state index in [-0.39, 0.29) is 0 Å². The largest absolute Gasteiger partial charge is 0.111 e. The molecule has 1 rings (SSSR count). The van der Waals surface area contributed by atoms with Crippen molar-refractivity contribution in [2.24, 2.45) is 0 Å². The van der Waals surface area contributed by atoms with Crippen LogP contribution in [0.4, 0.5) is 0 Å². The molecular formula is C3H7PS2. The summed E-state index contributed by atoms with van der Waals surface area (Å²) in [7, 11) is 2.92. The zero-order valence-corrected chi connectivity index (χ0v) is 6.06. The van der Waals surface area contributed by atoms with Crippen molar-refractivity contribution < 1.29 is 0 Å². The van der Waals surface area contributed by atoms with Gasteiger partial charge < -0.3 is 0 Å². The van der Waals surface area contributed by atoms with E-state index < -0.39 is 0 Å². The topological polar surface area (TPSA) is 0 Å². The van der Waals surface area contributed by atoms with E-state index in [9.17, 15) is 0 Å². The molecule has 1 fully saturated rings. The van der Waals surface area contributed by atoms with Crippen LogP contribution in [0.2, 0.25) is 0 Å². The fourth-order valence-corrected chi connectivity index (χ4v) is 2.97. The van der Waals surface area contributed by atoms with Crippen LogP contribution < -0.4 is 0 Å². The molecule has 0 saturated carbocycles. The fraction of sp³-hybridized carbons (Fsp3) is 1.00. The molecule has 6 heavy (non-hydrogen) atoms. The Bertz CT molecular complexity index is 41.3. The summed E-state index contributed by atoms with van der Waals surface area (Å²) in [5, 5.41) is 0. The highest BCUT2D eigenvalue weighted by Gasteiger charge is 2.14. The summed E-state index contributed by atoms with van der Waals surface area (Å²) in [6.07, 6.45) is 2.87. The molecule has 0 nitrogen and oxygen atoms in total. The Labute approximate surface area is 49.1 Å². The molecule has 0 bridgehead atoms. The Morgan fingerprint density at radius 2 is 2.50 bits per heavy atom. The van der Waals surface area contributed by atoms with Gasteiger partial charge in [-0.2, -0.15) is 0 Å². The van der Waals surface area contributed by atoms with Crippen LogP contribution in [0.3, 0.4) is 0 Å². The Morgan fingerprint density at radius 3 is 2.50 bits per heavy atom. The van der Waals surface area contributed by atoms with Gasteiger partial charge >= 0.3 is 0 Å². The molecule has 1 saturated heterocycles. The van der Waals surface area contributed by atoms with Crippen molar-refractivity contribution in [3.05, 3.63) is 0 Å². The molecule has 36 valence electrons. The first-order valence-corrected chi connectivity index (χ1v) is 5.19.